The standard InChI is InChI=1S/C48H54N10O6/c1-31(28-56-43(59)37-10-4-5-11-38(37)44(56)60)22-34(25-49)52-16-19-55(20-17-53-35(26-50)23-32(2)29-57-45(61)39-12-6-7-13-40(39)46(57)62)21-18-54-36(27-51)24-33(3)30-58-47(63)41-14-8-9-15-42(41)48(58)64/h4-15,31-36,52-54H,16-24,28-30H2,1-3H3. The van der Waals surface area contributed by atoms with Gasteiger partial charge in [-0.15, -0.1) is 0 Å². The molecule has 6 unspecified atom stereocenters. The zero-order valence-corrected chi connectivity index (χ0v) is 36.5. The first kappa shape index (κ1) is 46.9. The molecule has 16 nitrogen and oxygen atoms in total. The maximum absolute atomic E-state index is 12.9. The minimum atomic E-state index is -0.554. The monoisotopic (exact) mass is 866 g/mol. The Kier molecular flexibility index (Phi) is 15.9. The number of imide groups is 3. The van der Waals surface area contributed by atoms with Gasteiger partial charge in [0.25, 0.3) is 35.4 Å². The second-order valence-electron chi connectivity index (χ2n) is 17.1. The van der Waals surface area contributed by atoms with Gasteiger partial charge in [-0.2, -0.15) is 15.8 Å². The molecule has 0 fully saturated rings. The first-order valence-corrected chi connectivity index (χ1v) is 21.8. The maximum atomic E-state index is 12.9. The molecule has 6 atom stereocenters. The summed E-state index contributed by atoms with van der Waals surface area (Å²) in [5.41, 5.74) is 2.29. The average molecular weight is 867 g/mol. The number of nitrogens with one attached hydrogen (secondary N) is 3. The fourth-order valence-electron chi connectivity index (χ4n) is 8.65. The molecule has 3 aromatic rings. The minimum absolute atomic E-state index is 0.159. The molecule has 332 valence electrons. The van der Waals surface area contributed by atoms with E-state index >= 15 is 0 Å². The van der Waals surface area contributed by atoms with E-state index < -0.39 is 18.1 Å². The van der Waals surface area contributed by atoms with E-state index in [1.54, 1.807) is 72.8 Å². The van der Waals surface area contributed by atoms with E-state index in [2.05, 4.69) is 39.1 Å². The Hall–Kier alpha value is -6.61. The second kappa shape index (κ2) is 21.7. The highest BCUT2D eigenvalue weighted by atomic mass is 16.2. The van der Waals surface area contributed by atoms with Crippen LogP contribution in [-0.4, -0.2) is 132 Å². The van der Waals surface area contributed by atoms with Gasteiger partial charge in [-0.05, 0) is 73.4 Å². The number of benzene rings is 3. The van der Waals surface area contributed by atoms with Crippen LogP contribution in [-0.2, 0) is 0 Å². The van der Waals surface area contributed by atoms with E-state index in [1.165, 1.54) is 14.7 Å². The Morgan fingerprint density at radius 3 is 0.859 bits per heavy atom. The van der Waals surface area contributed by atoms with Crippen molar-refractivity contribution >= 4 is 35.4 Å². The molecule has 3 heterocycles. The number of hydrogen-bond acceptors (Lipinski definition) is 13. The first-order chi connectivity index (χ1) is 30.8. The highest BCUT2D eigenvalue weighted by molar-refractivity contribution is 6.22. The summed E-state index contributed by atoms with van der Waals surface area (Å²) in [6.07, 6.45) is 1.20. The number of hydrogen-bond donors (Lipinski definition) is 3. The molecule has 0 radical (unpaired) electrons. The smallest absolute Gasteiger partial charge is 0.261 e. The largest absolute Gasteiger partial charge is 0.301 e. The predicted octanol–water partition coefficient (Wildman–Crippen LogP) is 3.70. The van der Waals surface area contributed by atoms with Crippen LogP contribution in [0, 0.1) is 51.7 Å². The van der Waals surface area contributed by atoms with Gasteiger partial charge in [0.15, 0.2) is 0 Å². The van der Waals surface area contributed by atoms with Crippen LogP contribution in [0.25, 0.3) is 0 Å². The average Bonchev–Trinajstić information content (AvgIpc) is 3.79. The summed E-state index contributed by atoms with van der Waals surface area (Å²) in [5, 5.41) is 40.1. The van der Waals surface area contributed by atoms with Crippen molar-refractivity contribution < 1.29 is 28.8 Å². The van der Waals surface area contributed by atoms with Crippen LogP contribution in [0.5, 0.6) is 0 Å². The Balaban J connectivity index is 1.000. The van der Waals surface area contributed by atoms with Crippen molar-refractivity contribution in [2.24, 2.45) is 17.8 Å². The van der Waals surface area contributed by atoms with Gasteiger partial charge in [-0.25, -0.2) is 0 Å². The fourth-order valence-corrected chi connectivity index (χ4v) is 8.65. The lowest BCUT2D eigenvalue weighted by atomic mass is 10.0. The van der Waals surface area contributed by atoms with E-state index in [0.717, 1.165) is 0 Å². The highest BCUT2D eigenvalue weighted by Crippen LogP contribution is 2.27. The number of fused-ring (bicyclic) bond motifs is 3. The fraction of sp³-hybridized carbons (Fsp3) is 0.438. The lowest BCUT2D eigenvalue weighted by Crippen LogP contribution is -2.45. The van der Waals surface area contributed by atoms with E-state index in [1.807, 2.05) is 20.8 Å². The van der Waals surface area contributed by atoms with Gasteiger partial charge in [-0.3, -0.25) is 48.4 Å². The van der Waals surface area contributed by atoms with Crippen molar-refractivity contribution in [2.75, 3.05) is 58.9 Å². The van der Waals surface area contributed by atoms with Crippen molar-refractivity contribution in [2.45, 2.75) is 58.2 Å². The second-order valence-corrected chi connectivity index (χ2v) is 17.1. The number of nitriles is 3. The van der Waals surface area contributed by atoms with Crippen LogP contribution in [0.4, 0.5) is 0 Å². The number of carbonyl (C=O) groups is 6. The zero-order chi connectivity index (χ0) is 45.9. The van der Waals surface area contributed by atoms with E-state index in [-0.39, 0.29) is 72.8 Å². The highest BCUT2D eigenvalue weighted by Gasteiger charge is 2.38. The number of rotatable bonds is 24. The molecule has 0 spiro atoms. The van der Waals surface area contributed by atoms with Gasteiger partial charge >= 0.3 is 0 Å². The number of carbonyl (C=O) groups excluding carboxylic acids is 6. The third-order valence-electron chi connectivity index (χ3n) is 12.0. The summed E-state index contributed by atoms with van der Waals surface area (Å²) in [7, 11) is 0. The third kappa shape index (κ3) is 10.9. The normalized spacial score (nSPS) is 17.1. The van der Waals surface area contributed by atoms with E-state index in [4.69, 9.17) is 0 Å². The van der Waals surface area contributed by atoms with Gasteiger partial charge in [0.05, 0.1) is 69.7 Å². The van der Waals surface area contributed by atoms with Crippen molar-refractivity contribution in [1.29, 1.82) is 15.8 Å². The molecule has 3 aromatic carbocycles. The lowest BCUT2D eigenvalue weighted by Gasteiger charge is -2.27. The molecule has 6 amide bonds. The molecule has 0 saturated carbocycles. The number of amides is 6. The van der Waals surface area contributed by atoms with Crippen molar-refractivity contribution in [3.63, 3.8) is 0 Å². The molecule has 3 aliphatic rings. The van der Waals surface area contributed by atoms with Gasteiger partial charge < -0.3 is 16.0 Å². The van der Waals surface area contributed by atoms with E-state index in [9.17, 15) is 44.6 Å². The molecule has 0 bridgehead atoms. The molecule has 16 heteroatoms. The minimum Gasteiger partial charge on any atom is -0.301 e. The lowest BCUT2D eigenvalue weighted by molar-refractivity contribution is 0.0614. The summed E-state index contributed by atoms with van der Waals surface area (Å²) in [6, 6.07) is 25.4. The summed E-state index contributed by atoms with van der Waals surface area (Å²) in [4.78, 5) is 83.4. The quantitative estimate of drug-likeness (QED) is 0.110. The molecule has 0 saturated heterocycles. The van der Waals surface area contributed by atoms with Gasteiger partial charge in [0, 0.05) is 58.9 Å². The molecular formula is C48H54N10O6. The van der Waals surface area contributed by atoms with Crippen LogP contribution in [0.1, 0.15) is 102 Å². The Morgan fingerprint density at radius 1 is 0.438 bits per heavy atom. The predicted molar refractivity (Wildman–Crippen MR) is 235 cm³/mol. The Bertz CT molecular complexity index is 2020. The van der Waals surface area contributed by atoms with Crippen molar-refractivity contribution in [1.82, 2.24) is 35.6 Å². The Morgan fingerprint density at radius 2 is 0.656 bits per heavy atom. The Labute approximate surface area is 373 Å². The molecule has 0 aromatic heterocycles. The SMILES string of the molecule is CC(CC(C#N)NCCN(CCNC(C#N)CC(C)CN1C(=O)c2ccccc2C1=O)CCNC(C#N)CC(C)CN1C(=O)c2ccccc2C1=O)CN1C(=O)c2ccccc2C1=O. The summed E-state index contributed by atoms with van der Waals surface area (Å²) in [5.74, 6) is -2.48. The molecule has 3 aliphatic heterocycles. The molecule has 64 heavy (non-hydrogen) atoms. The molecule has 3 N–H and O–H groups in total. The summed E-state index contributed by atoms with van der Waals surface area (Å²) < 4.78 is 0. The van der Waals surface area contributed by atoms with Crippen LogP contribution in [0.3, 0.4) is 0 Å². The van der Waals surface area contributed by atoms with Crippen LogP contribution >= 0.6 is 0 Å². The topological polar surface area (TPSA) is 223 Å². The molecule has 6 rings (SSSR count). The van der Waals surface area contributed by atoms with Crippen LogP contribution in [0.2, 0.25) is 0 Å². The van der Waals surface area contributed by atoms with Crippen LogP contribution < -0.4 is 16.0 Å². The number of nitrogens with zero attached hydrogens (tertiary/aromatic N) is 7. The summed E-state index contributed by atoms with van der Waals surface area (Å²) >= 11 is 0. The summed E-state index contributed by atoms with van der Waals surface area (Å²) in [6.45, 7) is 9.06. The van der Waals surface area contributed by atoms with Crippen LogP contribution in [0.15, 0.2) is 72.8 Å². The van der Waals surface area contributed by atoms with Crippen molar-refractivity contribution in [3.8, 4) is 18.2 Å². The maximum Gasteiger partial charge on any atom is 0.261 e. The third-order valence-corrected chi connectivity index (χ3v) is 12.0. The van der Waals surface area contributed by atoms with Gasteiger partial charge in [-0.1, -0.05) is 57.2 Å². The van der Waals surface area contributed by atoms with Crippen molar-refractivity contribution in [3.05, 3.63) is 106 Å². The molecular weight excluding hydrogens is 813 g/mol. The van der Waals surface area contributed by atoms with Gasteiger partial charge in [0.2, 0.25) is 0 Å². The first-order valence-electron chi connectivity index (χ1n) is 21.8. The van der Waals surface area contributed by atoms with Gasteiger partial charge in [0.1, 0.15) is 0 Å². The zero-order valence-electron chi connectivity index (χ0n) is 36.5. The molecule has 0 aliphatic carbocycles. The van der Waals surface area contributed by atoms with E-state index in [0.29, 0.717) is 91.9 Å².